The van der Waals surface area contributed by atoms with Crippen LogP contribution < -0.4 is 10.0 Å². The molecule has 1 atom stereocenters. The van der Waals surface area contributed by atoms with Crippen molar-refractivity contribution in [3.63, 3.8) is 0 Å². The van der Waals surface area contributed by atoms with Crippen LogP contribution in [0, 0.1) is 0 Å². The van der Waals surface area contributed by atoms with Gasteiger partial charge in [0.05, 0.1) is 17.4 Å². The second-order valence-corrected chi connectivity index (χ2v) is 14.1. The Kier molecular flexibility index (Phi) is 6.38. The zero-order valence-electron chi connectivity index (χ0n) is 27.7. The van der Waals surface area contributed by atoms with Crippen LogP contribution >= 0.6 is 11.3 Å². The van der Waals surface area contributed by atoms with Crippen molar-refractivity contribution < 1.29 is 8.83 Å². The minimum Gasteiger partial charge on any atom is -0.463 e. The third-order valence-corrected chi connectivity index (χ3v) is 11.2. The highest BCUT2D eigenvalue weighted by Crippen LogP contribution is 2.56. The van der Waals surface area contributed by atoms with Crippen molar-refractivity contribution in [1.29, 1.82) is 0 Å². The average Bonchev–Trinajstić information content (AvgIpc) is 3.99. The number of benzene rings is 5. The molecular weight excluding hydrogens is 661 g/mol. The molecule has 0 saturated carbocycles. The van der Waals surface area contributed by atoms with E-state index >= 15 is 0 Å². The van der Waals surface area contributed by atoms with E-state index in [2.05, 4.69) is 125 Å². The van der Waals surface area contributed by atoms with Gasteiger partial charge in [-0.3, -0.25) is 0 Å². The number of fused-ring (bicyclic) bond motifs is 5. The molecule has 1 unspecified atom stereocenters. The van der Waals surface area contributed by atoms with Crippen LogP contribution in [-0.4, -0.2) is 9.97 Å². The number of rotatable bonds is 5. The molecule has 7 heteroatoms. The topological polar surface area (TPSA) is 58.5 Å². The molecule has 0 N–H and O–H groups in total. The van der Waals surface area contributed by atoms with Crippen molar-refractivity contribution in [3.05, 3.63) is 181 Å². The summed E-state index contributed by atoms with van der Waals surface area (Å²) in [6.45, 7) is 0. The van der Waals surface area contributed by atoms with E-state index in [1.54, 1.807) is 11.3 Å². The number of anilines is 2. The Bertz CT molecular complexity index is 2960. The molecule has 0 aliphatic carbocycles. The van der Waals surface area contributed by atoms with Crippen molar-refractivity contribution in [2.45, 2.75) is 6.04 Å². The van der Waals surface area contributed by atoms with Crippen LogP contribution in [0.1, 0.15) is 22.4 Å². The fourth-order valence-electron chi connectivity index (χ4n) is 7.66. The van der Waals surface area contributed by atoms with Crippen molar-refractivity contribution in [1.82, 2.24) is 9.97 Å². The fraction of sp³-hybridized carbons (Fsp3) is 0.0222. The molecule has 0 amide bonds. The van der Waals surface area contributed by atoms with Gasteiger partial charge >= 0.3 is 0 Å². The summed E-state index contributed by atoms with van der Waals surface area (Å²) < 4.78 is 14.7. The van der Waals surface area contributed by atoms with E-state index < -0.39 is 0 Å². The minimum atomic E-state index is -0.371. The number of thiophene rings is 1. The summed E-state index contributed by atoms with van der Waals surface area (Å²) >= 11 is 1.78. The monoisotopic (exact) mass is 688 g/mol. The number of furan rings is 2. The van der Waals surface area contributed by atoms with E-state index in [1.807, 2.05) is 48.9 Å². The van der Waals surface area contributed by atoms with E-state index in [-0.39, 0.29) is 6.04 Å². The predicted molar refractivity (Wildman–Crippen MR) is 212 cm³/mol. The summed E-state index contributed by atoms with van der Waals surface area (Å²) in [5, 5.41) is 11.9. The lowest BCUT2D eigenvalue weighted by Crippen LogP contribution is -2.40. The molecule has 0 fully saturated rings. The highest BCUT2D eigenvalue weighted by molar-refractivity contribution is 7.19. The third kappa shape index (κ3) is 4.43. The summed E-state index contributed by atoms with van der Waals surface area (Å²) in [5.41, 5.74) is 3.53. The number of hydrogen-bond acceptors (Lipinski definition) is 7. The highest BCUT2D eigenvalue weighted by atomic mass is 32.1. The predicted octanol–water partition coefficient (Wildman–Crippen LogP) is 12.0. The number of hydrogen-bond donors (Lipinski definition) is 0. The lowest BCUT2D eigenvalue weighted by Gasteiger charge is -2.35. The first-order valence-electron chi connectivity index (χ1n) is 17.3. The van der Waals surface area contributed by atoms with E-state index in [9.17, 15) is 0 Å². The largest absolute Gasteiger partial charge is 0.463 e. The molecule has 6 heterocycles. The highest BCUT2D eigenvalue weighted by Gasteiger charge is 2.47. The Morgan fingerprint density at radius 3 is 2.21 bits per heavy atom. The molecule has 10 aromatic rings. The molecule has 6 nitrogen and oxygen atoms in total. The van der Waals surface area contributed by atoms with Gasteiger partial charge in [0.15, 0.2) is 11.6 Å². The van der Waals surface area contributed by atoms with Gasteiger partial charge in [-0.15, -0.1) is 11.3 Å². The maximum atomic E-state index is 6.84. The van der Waals surface area contributed by atoms with Gasteiger partial charge in [0.25, 0.3) is 0 Å². The zero-order valence-corrected chi connectivity index (χ0v) is 28.5. The Morgan fingerprint density at radius 2 is 1.35 bits per heavy atom. The lowest BCUT2D eigenvalue weighted by atomic mass is 9.97. The number of hydrazine groups is 1. The molecule has 0 spiro atoms. The Balaban J connectivity index is 1.31. The summed E-state index contributed by atoms with van der Waals surface area (Å²) in [6, 6.07) is 52.1. The molecule has 11 rings (SSSR count). The first-order valence-corrected chi connectivity index (χ1v) is 18.1. The second-order valence-electron chi connectivity index (χ2n) is 13.0. The summed E-state index contributed by atoms with van der Waals surface area (Å²) in [6.07, 6.45) is 3.74. The summed E-state index contributed by atoms with van der Waals surface area (Å²) in [5.74, 6) is 3.03. The standard InChI is InChI=1S/C45H28N4O2S/c1-7-17-34-28(11-1)23-24-46-45(34)49-42(37-25-30-13-4-9-19-36(30)51-37)41(44-33-16-6-2-15-32(33)27-50-44)43(39-26-31-14-5-10-20-38(31)52-39)48(49)40-22-21-29-12-3-8-18-35(29)47-40/h1-27,43H. The molecule has 1 aliphatic heterocycles. The van der Waals surface area contributed by atoms with Crippen LogP contribution in [-0.2, 0) is 0 Å². The SMILES string of the molecule is c1ccc2nc(N3C(c4cc5ccccc5s4)C(c4occ5ccccc45)=C(c4cc5ccccc5o4)N3c3nccc4ccccc34)ccc2c1. The van der Waals surface area contributed by atoms with Crippen molar-refractivity contribution in [2.75, 3.05) is 10.0 Å². The number of aromatic nitrogens is 2. The van der Waals surface area contributed by atoms with E-state index in [4.69, 9.17) is 18.8 Å². The first kappa shape index (κ1) is 29.1. The van der Waals surface area contributed by atoms with E-state index in [0.717, 1.165) is 77.0 Å². The van der Waals surface area contributed by atoms with Gasteiger partial charge in [-0.05, 0) is 59.3 Å². The minimum absolute atomic E-state index is 0.371. The summed E-state index contributed by atoms with van der Waals surface area (Å²) in [7, 11) is 0. The molecule has 1 aliphatic rings. The molecule has 52 heavy (non-hydrogen) atoms. The van der Waals surface area contributed by atoms with E-state index in [0.29, 0.717) is 5.76 Å². The van der Waals surface area contributed by atoms with Gasteiger partial charge in [-0.25, -0.2) is 20.0 Å². The van der Waals surface area contributed by atoms with Crippen molar-refractivity contribution >= 4 is 87.7 Å². The van der Waals surface area contributed by atoms with Gasteiger partial charge in [0, 0.05) is 42.7 Å². The number of nitrogens with zero attached hydrogens (tertiary/aromatic N) is 4. The molecule has 0 radical (unpaired) electrons. The van der Waals surface area contributed by atoms with Crippen LogP contribution in [0.5, 0.6) is 0 Å². The van der Waals surface area contributed by atoms with Crippen molar-refractivity contribution in [3.8, 4) is 0 Å². The maximum Gasteiger partial charge on any atom is 0.160 e. The van der Waals surface area contributed by atoms with Crippen LogP contribution in [0.3, 0.4) is 0 Å². The van der Waals surface area contributed by atoms with Gasteiger partial charge in [-0.2, -0.15) is 0 Å². The average molecular weight is 689 g/mol. The van der Waals surface area contributed by atoms with Crippen LogP contribution in [0.15, 0.2) is 173 Å². The van der Waals surface area contributed by atoms with Gasteiger partial charge in [-0.1, -0.05) is 103 Å². The van der Waals surface area contributed by atoms with Crippen LogP contribution in [0.2, 0.25) is 0 Å². The lowest BCUT2D eigenvalue weighted by molar-refractivity contribution is 0.553. The quantitative estimate of drug-likeness (QED) is 0.179. The van der Waals surface area contributed by atoms with Gasteiger partial charge < -0.3 is 8.83 Å². The summed E-state index contributed by atoms with van der Waals surface area (Å²) in [4.78, 5) is 11.7. The number of para-hydroxylation sites is 2. The fourth-order valence-corrected chi connectivity index (χ4v) is 8.82. The normalized spacial score (nSPS) is 15.0. The number of pyridine rings is 2. The Labute approximate surface area is 302 Å². The Hall–Kier alpha value is -6.70. The first-order chi connectivity index (χ1) is 25.8. The van der Waals surface area contributed by atoms with Gasteiger partial charge in [0.1, 0.15) is 28.9 Å². The molecule has 0 bridgehead atoms. The molecule has 5 aromatic carbocycles. The van der Waals surface area contributed by atoms with Gasteiger partial charge in [0.2, 0.25) is 0 Å². The molecule has 0 saturated heterocycles. The van der Waals surface area contributed by atoms with Crippen molar-refractivity contribution in [2.24, 2.45) is 0 Å². The van der Waals surface area contributed by atoms with E-state index in [1.165, 1.54) is 10.1 Å². The smallest absolute Gasteiger partial charge is 0.160 e. The molecule has 246 valence electrons. The molecule has 5 aromatic heterocycles. The zero-order chi connectivity index (χ0) is 34.2. The van der Waals surface area contributed by atoms with Crippen LogP contribution in [0.4, 0.5) is 11.6 Å². The van der Waals surface area contributed by atoms with Crippen LogP contribution in [0.25, 0.3) is 64.8 Å². The second kappa shape index (κ2) is 11.4. The maximum absolute atomic E-state index is 6.84. The Morgan fingerprint density at radius 1 is 0.615 bits per heavy atom. The third-order valence-electron chi connectivity index (χ3n) is 10.00. The molecular formula is C45H28N4O2S.